The fraction of sp³-hybridized carbons (Fsp3) is 0.421. The van der Waals surface area contributed by atoms with E-state index in [2.05, 4.69) is 74.4 Å². The van der Waals surface area contributed by atoms with E-state index in [9.17, 15) is 28.8 Å². The van der Waals surface area contributed by atoms with Crippen LogP contribution in [0.25, 0.3) is 0 Å². The van der Waals surface area contributed by atoms with Gasteiger partial charge in [-0.15, -0.1) is 0 Å². The molecule has 1 fully saturated rings. The number of halogens is 2. The predicted molar refractivity (Wildman–Crippen MR) is 388 cm³/mol. The average Bonchev–Trinajstić information content (AvgIpc) is 0.840. The Balaban J connectivity index is 1.16. The molecule has 26 heteroatoms. The average molecular weight is 1540 g/mol. The van der Waals surface area contributed by atoms with E-state index in [0.29, 0.717) is 25.7 Å². The van der Waals surface area contributed by atoms with Crippen LogP contribution in [0.15, 0.2) is 179 Å². The maximum atomic E-state index is 15.2. The SMILES string of the molecule is CC(C)(C)OC(=O)NC(=O)[C@H](COCc1ccc(Br)cc1)NC(=O)[C@@H](COCc1ccccc1)NC(=O)[C@H](COCc1ccccc1)N[C@@H]1CCCC[C@H]1N[C@@H](COCc1ccccc1)C(=O)N[C@H](COCc1ccccc1)C(=O)N[C@@H](COCc1ccc(Br)cc1)C(=O)NC(=O)OC(C)(C)C. The van der Waals surface area contributed by atoms with Crippen LogP contribution in [0.2, 0.25) is 0 Å². The van der Waals surface area contributed by atoms with Crippen LogP contribution in [0.4, 0.5) is 9.59 Å². The summed E-state index contributed by atoms with van der Waals surface area (Å²) in [6.45, 7) is 8.19. The molecule has 1 aliphatic rings. The van der Waals surface area contributed by atoms with Crippen LogP contribution in [0.3, 0.4) is 0 Å². The van der Waals surface area contributed by atoms with Crippen molar-refractivity contribution in [1.82, 2.24) is 42.5 Å². The first kappa shape index (κ1) is 81.0. The van der Waals surface area contributed by atoms with Crippen molar-refractivity contribution in [2.45, 2.75) is 166 Å². The fourth-order valence-electron chi connectivity index (χ4n) is 10.5. The van der Waals surface area contributed by atoms with Gasteiger partial charge < -0.3 is 59.2 Å². The molecule has 0 aliphatic heterocycles. The van der Waals surface area contributed by atoms with Gasteiger partial charge in [0.2, 0.25) is 23.6 Å². The summed E-state index contributed by atoms with van der Waals surface area (Å²) in [5.41, 5.74) is 2.79. The molecule has 0 unspecified atom stereocenters. The van der Waals surface area contributed by atoms with Gasteiger partial charge in [0.05, 0.1) is 79.3 Å². The van der Waals surface area contributed by atoms with Gasteiger partial charge in [0.1, 0.15) is 47.5 Å². The molecule has 0 saturated heterocycles. The molecule has 0 spiro atoms. The fourth-order valence-corrected chi connectivity index (χ4v) is 11.0. The van der Waals surface area contributed by atoms with Gasteiger partial charge in [-0.25, -0.2) is 9.59 Å². The minimum atomic E-state index is -1.48. The molecule has 8 atom stereocenters. The van der Waals surface area contributed by atoms with E-state index >= 15 is 9.59 Å². The summed E-state index contributed by atoms with van der Waals surface area (Å²) in [7, 11) is 0. The summed E-state index contributed by atoms with van der Waals surface area (Å²) in [4.78, 5) is 114. The van der Waals surface area contributed by atoms with Crippen LogP contribution in [0.1, 0.15) is 101 Å². The Hall–Kier alpha value is -8.28. The summed E-state index contributed by atoms with van der Waals surface area (Å²) in [5.74, 6) is -4.94. The zero-order valence-electron chi connectivity index (χ0n) is 58.4. The first-order chi connectivity index (χ1) is 48.9. The standard InChI is InChI=1S/C76H94Br2N8O16/c1-75(2,3)101-73(93)85-71(91)65(49-99-43-55-31-35-57(77)36-32-55)83-69(89)63(47-97-41-53-25-15-9-16-26-53)81-67(87)61(45-95-39-51-21-11-7-12-22-51)79-59-29-19-20-30-60(59)80-62(46-96-40-52-23-13-8-14-24-52)68(88)82-64(48-98-42-54-27-17-10-18-28-54)70(90)84-66(72(92)86-74(94)102-76(4,5)6)50-100-44-56-33-37-58(78)38-34-56/h7-18,21-28,31-38,59-66,79-80H,19-20,29-30,39-50H2,1-6H3,(H,81,87)(H,82,88)(H,83,89)(H,84,90)(H,85,91,93)(H,86,92,94)/t59-,60-,61+,62+,63-,64-,65+,66+/m1/s1. The highest BCUT2D eigenvalue weighted by Gasteiger charge is 2.38. The van der Waals surface area contributed by atoms with Crippen LogP contribution in [0.5, 0.6) is 0 Å². The zero-order valence-corrected chi connectivity index (χ0v) is 61.6. The molecule has 102 heavy (non-hydrogen) atoms. The van der Waals surface area contributed by atoms with Gasteiger partial charge in [-0.1, -0.05) is 190 Å². The number of ether oxygens (including phenoxy) is 8. The van der Waals surface area contributed by atoms with Crippen molar-refractivity contribution >= 4 is 79.5 Å². The molecular weight excluding hydrogens is 1440 g/mol. The molecular formula is C76H94Br2N8O16. The van der Waals surface area contributed by atoms with E-state index in [1.165, 1.54) is 0 Å². The monoisotopic (exact) mass is 1530 g/mol. The second kappa shape index (κ2) is 42.3. The second-order valence-corrected chi connectivity index (χ2v) is 28.3. The van der Waals surface area contributed by atoms with Gasteiger partial charge in [-0.2, -0.15) is 0 Å². The van der Waals surface area contributed by atoms with Crippen LogP contribution in [0, 0.1) is 0 Å². The maximum absolute atomic E-state index is 15.2. The van der Waals surface area contributed by atoms with Crippen LogP contribution in [-0.2, 0) is 106 Å². The van der Waals surface area contributed by atoms with Gasteiger partial charge in [0.25, 0.3) is 11.8 Å². The zero-order chi connectivity index (χ0) is 73.3. The number of benzene rings is 6. The molecule has 8 N–H and O–H groups in total. The van der Waals surface area contributed by atoms with Crippen molar-refractivity contribution < 1.29 is 76.3 Å². The molecule has 24 nitrogen and oxygen atoms in total. The number of carbonyl (C=O) groups excluding carboxylic acids is 8. The summed E-state index contributed by atoms with van der Waals surface area (Å²) in [6.07, 6.45) is 0.303. The largest absolute Gasteiger partial charge is 0.444 e. The number of carbonyl (C=O) groups is 8. The third kappa shape index (κ3) is 30.7. The quantitative estimate of drug-likeness (QED) is 0.0179. The lowest BCUT2D eigenvalue weighted by Gasteiger charge is -2.37. The summed E-state index contributed by atoms with van der Waals surface area (Å²) < 4.78 is 49.2. The third-order valence-electron chi connectivity index (χ3n) is 15.5. The smallest absolute Gasteiger partial charge is 0.414 e. The van der Waals surface area contributed by atoms with Gasteiger partial charge >= 0.3 is 12.2 Å². The third-order valence-corrected chi connectivity index (χ3v) is 16.6. The first-order valence-corrected chi connectivity index (χ1v) is 35.4. The normalized spacial score (nSPS) is 15.6. The number of imide groups is 2. The van der Waals surface area contributed by atoms with Crippen LogP contribution < -0.4 is 42.5 Å². The number of rotatable bonds is 38. The van der Waals surface area contributed by atoms with Crippen molar-refractivity contribution in [2.24, 2.45) is 0 Å². The molecule has 0 heterocycles. The van der Waals surface area contributed by atoms with E-state index in [1.54, 1.807) is 41.5 Å². The number of hydrogen-bond acceptors (Lipinski definition) is 18. The van der Waals surface area contributed by atoms with Crippen molar-refractivity contribution in [3.05, 3.63) is 212 Å². The van der Waals surface area contributed by atoms with Crippen molar-refractivity contribution in [3.8, 4) is 0 Å². The highest BCUT2D eigenvalue weighted by molar-refractivity contribution is 9.10. The summed E-state index contributed by atoms with van der Waals surface area (Å²) >= 11 is 6.86. The second-order valence-electron chi connectivity index (χ2n) is 26.4. The Morgan fingerprint density at radius 2 is 0.559 bits per heavy atom. The molecule has 6 aromatic carbocycles. The van der Waals surface area contributed by atoms with Crippen LogP contribution in [-0.4, -0.2) is 147 Å². The van der Waals surface area contributed by atoms with Crippen LogP contribution >= 0.6 is 31.9 Å². The predicted octanol–water partition coefficient (Wildman–Crippen LogP) is 9.08. The highest BCUT2D eigenvalue weighted by atomic mass is 79.9. The molecule has 8 amide bonds. The Kier molecular flexibility index (Phi) is 33.6. The first-order valence-electron chi connectivity index (χ1n) is 33.8. The topological polar surface area (TPSA) is 307 Å². The minimum absolute atomic E-state index is 0.0356. The Labute approximate surface area is 613 Å². The molecule has 7 rings (SSSR count). The Bertz CT molecular complexity index is 3340. The molecule has 0 aromatic heterocycles. The molecule has 548 valence electrons. The van der Waals surface area contributed by atoms with E-state index in [-0.39, 0.29) is 66.1 Å². The number of amides is 8. The Morgan fingerprint density at radius 1 is 0.333 bits per heavy atom. The maximum Gasteiger partial charge on any atom is 0.414 e. The molecule has 1 aliphatic carbocycles. The highest BCUT2D eigenvalue weighted by Crippen LogP contribution is 2.22. The minimum Gasteiger partial charge on any atom is -0.444 e. The lowest BCUT2D eigenvalue weighted by atomic mass is 9.89. The van der Waals surface area contributed by atoms with Gasteiger partial charge in [-0.05, 0) is 112 Å². The lowest BCUT2D eigenvalue weighted by Crippen LogP contribution is -2.64. The molecule has 1 saturated carbocycles. The van der Waals surface area contributed by atoms with E-state index < -0.39 is 120 Å². The Morgan fingerprint density at radius 3 is 0.814 bits per heavy atom. The summed E-state index contributed by atoms with van der Waals surface area (Å²) in [6, 6.07) is 42.3. The molecule has 6 aromatic rings. The van der Waals surface area contributed by atoms with Crippen molar-refractivity contribution in [3.63, 3.8) is 0 Å². The number of hydrogen-bond donors (Lipinski definition) is 8. The lowest BCUT2D eigenvalue weighted by molar-refractivity contribution is -0.136. The van der Waals surface area contributed by atoms with Gasteiger partial charge in [-0.3, -0.25) is 50.0 Å². The van der Waals surface area contributed by atoms with Crippen molar-refractivity contribution in [1.29, 1.82) is 0 Å². The number of nitrogens with one attached hydrogen (secondary N) is 8. The molecule has 0 radical (unpaired) electrons. The van der Waals surface area contributed by atoms with Crippen molar-refractivity contribution in [2.75, 3.05) is 39.6 Å². The van der Waals surface area contributed by atoms with E-state index in [0.717, 1.165) is 42.3 Å². The molecule has 0 bridgehead atoms. The number of alkyl carbamates (subject to hydrolysis) is 2. The van der Waals surface area contributed by atoms with Gasteiger partial charge in [0, 0.05) is 21.0 Å². The van der Waals surface area contributed by atoms with Gasteiger partial charge in [0.15, 0.2) is 0 Å². The van der Waals surface area contributed by atoms with E-state index in [1.807, 2.05) is 170 Å². The van der Waals surface area contributed by atoms with E-state index in [4.69, 9.17) is 37.9 Å². The summed E-state index contributed by atoms with van der Waals surface area (Å²) in [5, 5.41) is 22.6.